The number of hydrogen-bond acceptors (Lipinski definition) is 3. The van der Waals surface area contributed by atoms with Crippen molar-refractivity contribution in [2.45, 2.75) is 200 Å². The van der Waals surface area contributed by atoms with Crippen molar-refractivity contribution in [2.75, 3.05) is 6.61 Å². The Balaban J connectivity index is 3.15. The summed E-state index contributed by atoms with van der Waals surface area (Å²) in [5.74, 6) is -0.912. The van der Waals surface area contributed by atoms with E-state index in [1.807, 2.05) is 0 Å². The minimum absolute atomic E-state index is 0.00353. The van der Waals surface area contributed by atoms with E-state index in [1.165, 1.54) is 148 Å². The van der Waals surface area contributed by atoms with E-state index in [0.717, 1.165) is 32.1 Å². The second kappa shape index (κ2) is 32.2. The molecule has 38 heavy (non-hydrogen) atoms. The summed E-state index contributed by atoms with van der Waals surface area (Å²) in [6.07, 6.45) is 36.4. The molecule has 0 amide bonds. The predicted molar refractivity (Wildman–Crippen MR) is 161 cm³/mol. The van der Waals surface area contributed by atoms with Crippen LogP contribution in [0.5, 0.6) is 0 Å². The fourth-order valence-electron chi connectivity index (χ4n) is 5.21. The van der Waals surface area contributed by atoms with Gasteiger partial charge in [0.15, 0.2) is 0 Å². The largest absolute Gasteiger partial charge is 0.466 e. The standard InChI is InChI=1S/C34H65O4/c1-2-3-4-5-6-7-8-12-16-19-22-25-28-31-34(37)38-32-29-26-23-20-17-14-11-9-10-13-15-18-21-24-27-30-33(35)36/h2-32H2,1H3. The van der Waals surface area contributed by atoms with E-state index in [2.05, 4.69) is 6.92 Å². The van der Waals surface area contributed by atoms with Crippen molar-refractivity contribution in [3.63, 3.8) is 0 Å². The summed E-state index contributed by atoms with van der Waals surface area (Å²) in [4.78, 5) is 22.2. The van der Waals surface area contributed by atoms with E-state index in [1.54, 1.807) is 0 Å². The second-order valence-corrected chi connectivity index (χ2v) is 11.6. The molecule has 0 aliphatic heterocycles. The summed E-state index contributed by atoms with van der Waals surface area (Å²) in [5, 5.41) is 10.3. The maximum absolute atomic E-state index is 11.9. The van der Waals surface area contributed by atoms with E-state index >= 15 is 0 Å². The van der Waals surface area contributed by atoms with E-state index in [4.69, 9.17) is 4.74 Å². The summed E-state index contributed by atoms with van der Waals surface area (Å²) < 4.78 is 5.41. The van der Waals surface area contributed by atoms with Gasteiger partial charge in [0, 0.05) is 6.42 Å². The van der Waals surface area contributed by atoms with Crippen molar-refractivity contribution in [3.8, 4) is 0 Å². The average Bonchev–Trinajstić information content (AvgIpc) is 2.90. The lowest BCUT2D eigenvalue weighted by molar-refractivity contribution is -0.144. The number of ether oxygens (including phenoxy) is 1. The second-order valence-electron chi connectivity index (χ2n) is 11.6. The Labute approximate surface area is 237 Å². The van der Waals surface area contributed by atoms with Gasteiger partial charge in [0.05, 0.1) is 13.0 Å². The summed E-state index contributed by atoms with van der Waals surface area (Å²) in [6, 6.07) is 0. The summed E-state index contributed by atoms with van der Waals surface area (Å²) >= 11 is 0. The highest BCUT2D eigenvalue weighted by Crippen LogP contribution is 2.15. The third-order valence-electron chi connectivity index (χ3n) is 7.77. The van der Waals surface area contributed by atoms with Crippen LogP contribution in [0.1, 0.15) is 200 Å². The van der Waals surface area contributed by atoms with Crippen molar-refractivity contribution >= 4 is 11.9 Å². The van der Waals surface area contributed by atoms with Crippen molar-refractivity contribution in [1.82, 2.24) is 0 Å². The van der Waals surface area contributed by atoms with Crippen molar-refractivity contribution in [1.29, 1.82) is 0 Å². The Morgan fingerprint density at radius 3 is 1.03 bits per heavy atom. The normalized spacial score (nSPS) is 11.2. The number of carbonyl (C=O) groups is 2. The molecule has 4 heteroatoms. The van der Waals surface area contributed by atoms with Crippen molar-refractivity contribution in [3.05, 3.63) is 0 Å². The predicted octanol–water partition coefficient (Wildman–Crippen LogP) is 11.2. The maximum atomic E-state index is 11.9. The van der Waals surface area contributed by atoms with Crippen LogP contribution in [0.2, 0.25) is 0 Å². The van der Waals surface area contributed by atoms with E-state index in [0.29, 0.717) is 13.0 Å². The molecule has 0 aromatic rings. The Bertz CT molecular complexity index is 491. The molecule has 0 unspecified atom stereocenters. The van der Waals surface area contributed by atoms with Crippen LogP contribution in [0, 0.1) is 0 Å². The molecule has 0 bridgehead atoms. The summed E-state index contributed by atoms with van der Waals surface area (Å²) in [5.41, 5.74) is 0. The van der Waals surface area contributed by atoms with Gasteiger partial charge in [-0.2, -0.15) is 0 Å². The third kappa shape index (κ3) is 33.0. The number of esters is 1. The molecule has 0 saturated carbocycles. The molecule has 0 fully saturated rings. The van der Waals surface area contributed by atoms with Crippen molar-refractivity contribution < 1.29 is 19.4 Å². The molecule has 0 N–H and O–H groups in total. The quantitative estimate of drug-likeness (QED) is 0.0633. The van der Waals surface area contributed by atoms with Crippen LogP contribution in [-0.4, -0.2) is 18.5 Å². The molecule has 0 rings (SSSR count). The minimum Gasteiger partial charge on any atom is -0.466 e. The van der Waals surface area contributed by atoms with Gasteiger partial charge >= 0.3 is 11.9 Å². The molecule has 0 aromatic carbocycles. The number of carbonyl (C=O) groups excluding carboxylic acids is 2. The van der Waals surface area contributed by atoms with Gasteiger partial charge in [0.1, 0.15) is 0 Å². The first-order valence-corrected chi connectivity index (χ1v) is 17.0. The summed E-state index contributed by atoms with van der Waals surface area (Å²) in [6.45, 7) is 2.88. The SMILES string of the molecule is CCCCCCCCCCCCCCCC(=O)OCCCCCCCCCCCCCCCCCC([O])=O. The van der Waals surface area contributed by atoms with Gasteiger partial charge in [-0.3, -0.25) is 4.79 Å². The van der Waals surface area contributed by atoms with Crippen molar-refractivity contribution in [2.24, 2.45) is 0 Å². The third-order valence-corrected chi connectivity index (χ3v) is 7.77. The number of unbranched alkanes of at least 4 members (excludes halogenated alkanes) is 26. The fraction of sp³-hybridized carbons (Fsp3) is 0.941. The first kappa shape index (κ1) is 36.9. The number of rotatable bonds is 32. The van der Waals surface area contributed by atoms with Crippen LogP contribution in [0.25, 0.3) is 0 Å². The zero-order chi connectivity index (χ0) is 27.8. The highest BCUT2D eigenvalue weighted by Gasteiger charge is 2.03. The van der Waals surface area contributed by atoms with Crippen LogP contribution >= 0.6 is 0 Å². The van der Waals surface area contributed by atoms with Gasteiger partial charge < -0.3 is 4.74 Å². The molecule has 0 heterocycles. The van der Waals surface area contributed by atoms with Crippen LogP contribution in [0.4, 0.5) is 0 Å². The molecular weight excluding hydrogens is 472 g/mol. The Kier molecular flexibility index (Phi) is 31.3. The highest BCUT2D eigenvalue weighted by molar-refractivity contribution is 5.69. The van der Waals surface area contributed by atoms with Gasteiger partial charge in [0.2, 0.25) is 0 Å². The smallest absolute Gasteiger partial charge is 0.355 e. The number of hydrogen-bond donors (Lipinski definition) is 0. The van der Waals surface area contributed by atoms with Crippen LogP contribution < -0.4 is 0 Å². The first-order chi connectivity index (χ1) is 18.7. The zero-order valence-electron chi connectivity index (χ0n) is 25.6. The van der Waals surface area contributed by atoms with E-state index < -0.39 is 5.97 Å². The lowest BCUT2D eigenvalue weighted by Crippen LogP contribution is -2.05. The molecule has 0 atom stereocenters. The van der Waals surface area contributed by atoms with Crippen LogP contribution in [0.15, 0.2) is 0 Å². The van der Waals surface area contributed by atoms with Gasteiger partial charge in [0.25, 0.3) is 0 Å². The molecule has 4 nitrogen and oxygen atoms in total. The van der Waals surface area contributed by atoms with Gasteiger partial charge in [-0.1, -0.05) is 167 Å². The topological polar surface area (TPSA) is 63.3 Å². The molecule has 0 aliphatic carbocycles. The van der Waals surface area contributed by atoms with Gasteiger partial charge in [-0.25, -0.2) is 9.90 Å². The van der Waals surface area contributed by atoms with E-state index in [-0.39, 0.29) is 12.4 Å². The average molecular weight is 538 g/mol. The lowest BCUT2D eigenvalue weighted by atomic mass is 10.0. The van der Waals surface area contributed by atoms with E-state index in [9.17, 15) is 14.7 Å². The zero-order valence-corrected chi connectivity index (χ0v) is 25.6. The molecule has 0 spiro atoms. The fourth-order valence-corrected chi connectivity index (χ4v) is 5.21. The Morgan fingerprint density at radius 2 is 0.684 bits per heavy atom. The Morgan fingerprint density at radius 1 is 0.395 bits per heavy atom. The minimum atomic E-state index is -0.916. The Hall–Kier alpha value is -1.06. The molecule has 0 saturated heterocycles. The molecule has 0 aliphatic rings. The van der Waals surface area contributed by atoms with Gasteiger partial charge in [-0.05, 0) is 19.3 Å². The first-order valence-electron chi connectivity index (χ1n) is 17.0. The summed E-state index contributed by atoms with van der Waals surface area (Å²) in [7, 11) is 0. The van der Waals surface area contributed by atoms with Crippen LogP contribution in [-0.2, 0) is 19.4 Å². The van der Waals surface area contributed by atoms with Gasteiger partial charge in [-0.15, -0.1) is 0 Å². The highest BCUT2D eigenvalue weighted by atomic mass is 16.5. The monoisotopic (exact) mass is 537 g/mol. The molecule has 225 valence electrons. The molecule has 1 radical (unpaired) electrons. The maximum Gasteiger partial charge on any atom is 0.355 e. The van der Waals surface area contributed by atoms with Crippen LogP contribution in [0.3, 0.4) is 0 Å². The molecular formula is C34H65O4. The molecule has 0 aromatic heterocycles. The lowest BCUT2D eigenvalue weighted by Gasteiger charge is -2.06.